The minimum absolute atomic E-state index is 0.0781. The van der Waals surface area contributed by atoms with E-state index in [4.69, 9.17) is 10.5 Å². The first kappa shape index (κ1) is 23.6. The van der Waals surface area contributed by atoms with Gasteiger partial charge in [-0.1, -0.05) is 6.92 Å². The first-order valence-electron chi connectivity index (χ1n) is 11.0. The Balaban J connectivity index is 1.51. The van der Waals surface area contributed by atoms with Crippen LogP contribution in [0.2, 0.25) is 0 Å². The average Bonchev–Trinajstić information content (AvgIpc) is 3.47. The van der Waals surface area contributed by atoms with E-state index in [9.17, 15) is 29.6 Å². The number of fused-ring (bicyclic) bond motifs is 2. The minimum atomic E-state index is -0.900. The molecule has 0 saturated carbocycles. The van der Waals surface area contributed by atoms with Gasteiger partial charge in [-0.3, -0.25) is 24.1 Å². The highest BCUT2D eigenvalue weighted by Crippen LogP contribution is 2.51. The van der Waals surface area contributed by atoms with Crippen molar-refractivity contribution in [3.63, 3.8) is 0 Å². The maximum Gasteiger partial charge on any atom is 0.355 e. The van der Waals surface area contributed by atoms with Gasteiger partial charge in [0.25, 0.3) is 11.6 Å². The monoisotopic (exact) mass is 511 g/mol. The van der Waals surface area contributed by atoms with Gasteiger partial charge in [0, 0.05) is 29.8 Å². The number of nitro benzene ring substituents is 1. The van der Waals surface area contributed by atoms with Crippen LogP contribution in [0.4, 0.5) is 5.69 Å². The molecule has 4 atom stereocenters. The Bertz CT molecular complexity index is 1460. The molecule has 3 aromatic rings. The number of imidazole rings is 1. The van der Waals surface area contributed by atoms with E-state index in [1.807, 2.05) is 6.92 Å². The molecule has 0 aliphatic carbocycles. The van der Waals surface area contributed by atoms with Crippen LogP contribution < -0.4 is 5.73 Å². The van der Waals surface area contributed by atoms with Crippen molar-refractivity contribution in [3.8, 4) is 0 Å². The number of hydrogen-bond acceptors (Lipinski definition) is 9. The molecule has 186 valence electrons. The first-order valence-corrected chi connectivity index (χ1v) is 11.8. The fraction of sp³-hybridized carbons (Fsp3) is 0.304. The number of ether oxygens (including phenoxy) is 1. The van der Waals surface area contributed by atoms with Crippen molar-refractivity contribution in [2.75, 3.05) is 0 Å². The molecule has 0 spiro atoms. The van der Waals surface area contributed by atoms with E-state index in [0.717, 1.165) is 0 Å². The summed E-state index contributed by atoms with van der Waals surface area (Å²) in [7, 11) is 0. The van der Waals surface area contributed by atoms with E-state index >= 15 is 0 Å². The third kappa shape index (κ3) is 3.55. The zero-order valence-electron chi connectivity index (χ0n) is 19.2. The Kier molecular flexibility index (Phi) is 5.60. The molecule has 2 aromatic heterocycles. The van der Waals surface area contributed by atoms with Crippen LogP contribution in [0.3, 0.4) is 0 Å². The van der Waals surface area contributed by atoms with Crippen molar-refractivity contribution >= 4 is 45.2 Å². The highest BCUT2D eigenvalue weighted by Gasteiger charge is 2.60. The molecular weight excluding hydrogens is 490 g/mol. The molecule has 0 unspecified atom stereocenters. The van der Waals surface area contributed by atoms with Gasteiger partial charge in [-0.05, 0) is 24.6 Å². The summed E-state index contributed by atoms with van der Waals surface area (Å²) in [6.45, 7) is 3.25. The molecule has 1 aromatic carbocycles. The number of nitrogens with zero attached hydrogens (tertiary/aromatic N) is 4. The summed E-state index contributed by atoms with van der Waals surface area (Å²) in [5.74, 6) is -2.76. The fourth-order valence-corrected chi connectivity index (χ4v) is 6.13. The molecule has 2 aliphatic rings. The highest BCUT2D eigenvalue weighted by atomic mass is 32.1. The van der Waals surface area contributed by atoms with E-state index in [-0.39, 0.29) is 35.5 Å². The Morgan fingerprint density at radius 3 is 2.64 bits per heavy atom. The quantitative estimate of drug-likeness (QED) is 0.209. The molecule has 4 heterocycles. The van der Waals surface area contributed by atoms with Crippen LogP contribution in [0.15, 0.2) is 42.5 Å². The van der Waals surface area contributed by atoms with Crippen molar-refractivity contribution in [1.29, 1.82) is 0 Å². The van der Waals surface area contributed by atoms with Crippen LogP contribution in [-0.4, -0.2) is 54.2 Å². The van der Waals surface area contributed by atoms with Crippen LogP contribution in [0.25, 0.3) is 10.4 Å². The normalized spacial score (nSPS) is 21.9. The zero-order chi connectivity index (χ0) is 25.9. The predicted molar refractivity (Wildman–Crippen MR) is 126 cm³/mol. The van der Waals surface area contributed by atoms with Crippen molar-refractivity contribution < 1.29 is 29.2 Å². The molecule has 36 heavy (non-hydrogen) atoms. The number of nitrogens with two attached hydrogens (primary N) is 1. The van der Waals surface area contributed by atoms with Crippen molar-refractivity contribution in [3.05, 3.63) is 68.7 Å². The number of rotatable bonds is 7. The van der Waals surface area contributed by atoms with Gasteiger partial charge in [0.2, 0.25) is 5.91 Å². The molecule has 13 heteroatoms. The molecule has 5 rings (SSSR count). The maximum atomic E-state index is 13.3. The van der Waals surface area contributed by atoms with Crippen molar-refractivity contribution in [2.24, 2.45) is 17.6 Å². The summed E-state index contributed by atoms with van der Waals surface area (Å²) in [5.41, 5.74) is 6.62. The van der Waals surface area contributed by atoms with Gasteiger partial charge >= 0.3 is 5.97 Å². The van der Waals surface area contributed by atoms with Crippen LogP contribution in [0.1, 0.15) is 34.8 Å². The van der Waals surface area contributed by atoms with E-state index < -0.39 is 34.9 Å². The Hall–Kier alpha value is -4.10. The summed E-state index contributed by atoms with van der Waals surface area (Å²) in [4.78, 5) is 54.9. The molecule has 0 bridgehead atoms. The smallest absolute Gasteiger partial charge is 0.355 e. The Morgan fingerprint density at radius 2 is 2.03 bits per heavy atom. The number of amides is 2. The van der Waals surface area contributed by atoms with E-state index in [1.54, 1.807) is 10.6 Å². The second-order valence-corrected chi connectivity index (χ2v) is 9.81. The molecule has 3 N–H and O–H groups in total. The first-order chi connectivity index (χ1) is 17.1. The lowest BCUT2D eigenvalue weighted by atomic mass is 9.77. The number of benzene rings is 1. The zero-order valence-corrected chi connectivity index (χ0v) is 20.0. The summed E-state index contributed by atoms with van der Waals surface area (Å²) in [5, 5.41) is 21.1. The van der Waals surface area contributed by atoms with Gasteiger partial charge in [-0.25, -0.2) is 9.78 Å². The van der Waals surface area contributed by atoms with Crippen LogP contribution in [0.5, 0.6) is 0 Å². The van der Waals surface area contributed by atoms with Gasteiger partial charge in [0.15, 0.2) is 5.69 Å². The van der Waals surface area contributed by atoms with Gasteiger partial charge in [0.1, 0.15) is 23.5 Å². The van der Waals surface area contributed by atoms with Crippen molar-refractivity contribution in [1.82, 2.24) is 14.3 Å². The molecule has 1 saturated heterocycles. The fourth-order valence-electron chi connectivity index (χ4n) is 4.91. The lowest BCUT2D eigenvalue weighted by Gasteiger charge is -2.46. The molecule has 2 aliphatic heterocycles. The van der Waals surface area contributed by atoms with Gasteiger partial charge in [-0.15, -0.1) is 11.3 Å². The van der Waals surface area contributed by atoms with E-state index in [0.29, 0.717) is 20.8 Å². The molecule has 1 fully saturated rings. The summed E-state index contributed by atoms with van der Waals surface area (Å²) >= 11 is 1.21. The standard InChI is InChI=1S/C23H21N5O7S/c1-10-15(14-7-26-9-25-17(20(24)30)22(26)36-14)19(27-18(10)16(11(2)29)21(27)31)23(32)35-8-12-3-5-13(6-4-12)28(33)34/h3-7,9-11,16,18,29H,8H2,1-2H3,(H2,24,30)/t10-,11+,16+,18+/m0/s1. The van der Waals surface area contributed by atoms with Crippen LogP contribution in [-0.2, 0) is 20.9 Å². The number of esters is 1. The number of aliphatic hydroxyl groups excluding tert-OH is 1. The van der Waals surface area contributed by atoms with Crippen LogP contribution >= 0.6 is 11.3 Å². The number of aliphatic hydroxyl groups is 1. The number of non-ortho nitro benzene ring substituents is 1. The van der Waals surface area contributed by atoms with E-state index in [1.165, 1.54) is 53.8 Å². The Labute approximate surface area is 207 Å². The molecule has 0 radical (unpaired) electrons. The van der Waals surface area contributed by atoms with Gasteiger partial charge < -0.3 is 20.5 Å². The lowest BCUT2D eigenvalue weighted by molar-refractivity contribution is -0.384. The summed E-state index contributed by atoms with van der Waals surface area (Å²) in [6.07, 6.45) is 2.26. The number of nitro groups is 1. The molecule has 12 nitrogen and oxygen atoms in total. The second kappa shape index (κ2) is 8.53. The van der Waals surface area contributed by atoms with E-state index in [2.05, 4.69) is 4.98 Å². The summed E-state index contributed by atoms with van der Waals surface area (Å²) < 4.78 is 7.14. The number of hydrogen-bond donors (Lipinski definition) is 2. The average molecular weight is 512 g/mol. The molecular formula is C23H21N5O7S. The molecule has 2 amide bonds. The minimum Gasteiger partial charge on any atom is -0.456 e. The highest BCUT2D eigenvalue weighted by molar-refractivity contribution is 7.18. The third-order valence-electron chi connectivity index (χ3n) is 6.59. The third-order valence-corrected chi connectivity index (χ3v) is 7.74. The topological polar surface area (TPSA) is 170 Å². The van der Waals surface area contributed by atoms with Gasteiger partial charge in [0.05, 0.1) is 27.9 Å². The number of primary amides is 1. The Morgan fingerprint density at radius 1 is 1.33 bits per heavy atom. The maximum absolute atomic E-state index is 13.3. The predicted octanol–water partition coefficient (Wildman–Crippen LogP) is 1.71. The number of β-lactam (4-membered cyclic amide) rings is 1. The second-order valence-electron chi connectivity index (χ2n) is 8.78. The lowest BCUT2D eigenvalue weighted by Crippen LogP contribution is -2.63. The van der Waals surface area contributed by atoms with Crippen LogP contribution in [0, 0.1) is 22.0 Å². The SMILES string of the molecule is C[C@@H](O)[C@H]1C(=O)N2C(C(=O)OCc3ccc([N+](=O)[O-])cc3)=C(c3cn4cnc(C(N)=O)c4s3)[C@H](C)[C@H]12. The number of aromatic nitrogens is 2. The summed E-state index contributed by atoms with van der Waals surface area (Å²) in [6, 6.07) is 5.17. The largest absolute Gasteiger partial charge is 0.456 e. The van der Waals surface area contributed by atoms with Crippen molar-refractivity contribution in [2.45, 2.75) is 32.6 Å². The number of carbonyl (C=O) groups excluding carboxylic acids is 3. The number of carbonyl (C=O) groups is 3. The number of thiazole rings is 1. The van der Waals surface area contributed by atoms with Gasteiger partial charge in [-0.2, -0.15) is 0 Å².